The number of hydrogen-bond acceptors (Lipinski definition) is 4. The van der Waals surface area contributed by atoms with Gasteiger partial charge in [-0.05, 0) is 32.2 Å². The molecule has 4 unspecified atom stereocenters. The smallest absolute Gasteiger partial charge is 0.0877 e. The molecule has 0 aromatic carbocycles. The second-order valence-electron chi connectivity index (χ2n) is 5.35. The fourth-order valence-electron chi connectivity index (χ4n) is 3.80. The molecular formula is C11H20N2O2. The Bertz CT molecular complexity index is 265. The third-order valence-corrected chi connectivity index (χ3v) is 4.74. The van der Waals surface area contributed by atoms with E-state index in [2.05, 4.69) is 5.32 Å². The lowest BCUT2D eigenvalue weighted by Crippen LogP contribution is -2.58. The quantitative estimate of drug-likeness (QED) is 0.583. The SMILES string of the molecule is NCC1(C2(O)CCNC2)CC2CCC1O2. The van der Waals surface area contributed by atoms with Crippen LogP contribution in [0.5, 0.6) is 0 Å². The monoisotopic (exact) mass is 212 g/mol. The maximum Gasteiger partial charge on any atom is 0.0877 e. The predicted molar refractivity (Wildman–Crippen MR) is 56.4 cm³/mol. The molecule has 0 saturated carbocycles. The van der Waals surface area contributed by atoms with Crippen LogP contribution in [0.25, 0.3) is 0 Å². The molecule has 3 rings (SSSR count). The summed E-state index contributed by atoms with van der Waals surface area (Å²) < 4.78 is 5.89. The number of nitrogens with two attached hydrogens (primary N) is 1. The van der Waals surface area contributed by atoms with Gasteiger partial charge in [0, 0.05) is 18.5 Å². The first kappa shape index (κ1) is 10.0. The van der Waals surface area contributed by atoms with Crippen LogP contribution in [0.15, 0.2) is 0 Å². The zero-order chi connectivity index (χ0) is 10.5. The number of aliphatic hydroxyl groups is 1. The number of nitrogens with one attached hydrogen (secondary N) is 1. The standard InChI is InChI=1S/C11H20N2O2/c12-6-10(11(14)3-4-13-7-11)5-8-1-2-9(10)15-8/h8-9,13-14H,1-7,12H2. The second kappa shape index (κ2) is 3.17. The van der Waals surface area contributed by atoms with E-state index in [0.29, 0.717) is 19.2 Å². The van der Waals surface area contributed by atoms with E-state index < -0.39 is 5.60 Å². The van der Waals surface area contributed by atoms with Gasteiger partial charge < -0.3 is 20.9 Å². The number of rotatable bonds is 2. The van der Waals surface area contributed by atoms with Crippen molar-refractivity contribution < 1.29 is 9.84 Å². The average Bonchev–Trinajstić information content (AvgIpc) is 2.91. The third-order valence-electron chi connectivity index (χ3n) is 4.74. The lowest BCUT2D eigenvalue weighted by molar-refractivity contribution is -0.0973. The Hall–Kier alpha value is -0.160. The summed E-state index contributed by atoms with van der Waals surface area (Å²) >= 11 is 0. The van der Waals surface area contributed by atoms with Crippen LogP contribution in [0, 0.1) is 5.41 Å². The minimum atomic E-state index is -0.637. The van der Waals surface area contributed by atoms with Crippen molar-refractivity contribution in [2.45, 2.75) is 43.5 Å². The minimum Gasteiger partial charge on any atom is -0.388 e. The van der Waals surface area contributed by atoms with Gasteiger partial charge in [-0.3, -0.25) is 0 Å². The number of hydrogen-bond donors (Lipinski definition) is 3. The lowest BCUT2D eigenvalue weighted by atomic mass is 9.62. The van der Waals surface area contributed by atoms with Crippen molar-refractivity contribution in [1.82, 2.24) is 5.32 Å². The zero-order valence-electron chi connectivity index (χ0n) is 9.04. The van der Waals surface area contributed by atoms with E-state index in [1.807, 2.05) is 0 Å². The maximum absolute atomic E-state index is 10.7. The van der Waals surface area contributed by atoms with E-state index in [4.69, 9.17) is 10.5 Å². The molecule has 0 spiro atoms. The molecule has 86 valence electrons. The van der Waals surface area contributed by atoms with Crippen molar-refractivity contribution in [3.8, 4) is 0 Å². The van der Waals surface area contributed by atoms with Gasteiger partial charge in [0.2, 0.25) is 0 Å². The summed E-state index contributed by atoms with van der Waals surface area (Å²) in [6.45, 7) is 2.12. The molecule has 4 nitrogen and oxygen atoms in total. The van der Waals surface area contributed by atoms with Crippen molar-refractivity contribution in [2.75, 3.05) is 19.6 Å². The van der Waals surface area contributed by atoms with Crippen molar-refractivity contribution in [1.29, 1.82) is 0 Å². The summed E-state index contributed by atoms with van der Waals surface area (Å²) in [5.74, 6) is 0. The van der Waals surface area contributed by atoms with Gasteiger partial charge in [0.1, 0.15) is 0 Å². The molecule has 0 radical (unpaired) electrons. The van der Waals surface area contributed by atoms with Crippen LogP contribution in [-0.4, -0.2) is 42.5 Å². The maximum atomic E-state index is 10.7. The highest BCUT2D eigenvalue weighted by Gasteiger charge is 2.62. The summed E-state index contributed by atoms with van der Waals surface area (Å²) in [4.78, 5) is 0. The Morgan fingerprint density at radius 1 is 1.47 bits per heavy atom. The molecule has 15 heavy (non-hydrogen) atoms. The molecule has 0 amide bonds. The van der Waals surface area contributed by atoms with E-state index >= 15 is 0 Å². The molecule has 4 atom stereocenters. The molecule has 4 N–H and O–H groups in total. The first-order valence-electron chi connectivity index (χ1n) is 5.99. The normalized spacial score (nSPS) is 54.0. The summed E-state index contributed by atoms with van der Waals surface area (Å²) in [5, 5.41) is 14.0. The Morgan fingerprint density at radius 3 is 2.80 bits per heavy atom. The zero-order valence-corrected chi connectivity index (χ0v) is 9.04. The minimum absolute atomic E-state index is 0.181. The van der Waals surface area contributed by atoms with Crippen LogP contribution in [-0.2, 0) is 4.74 Å². The number of β-amino-alcohol motifs (C(OH)–C–C–N with tert-alkyl or cyclic N) is 1. The summed E-state index contributed by atoms with van der Waals surface area (Å²) in [5.41, 5.74) is 5.13. The third kappa shape index (κ3) is 1.16. The number of ether oxygens (including phenoxy) is 1. The molecule has 0 aromatic rings. The van der Waals surface area contributed by atoms with Crippen LogP contribution in [0.2, 0.25) is 0 Å². The molecule has 3 aliphatic heterocycles. The topological polar surface area (TPSA) is 67.5 Å². The van der Waals surface area contributed by atoms with Crippen LogP contribution in [0.3, 0.4) is 0 Å². The molecule has 3 saturated heterocycles. The summed E-state index contributed by atoms with van der Waals surface area (Å²) in [6, 6.07) is 0. The highest BCUT2D eigenvalue weighted by atomic mass is 16.5. The van der Waals surface area contributed by atoms with E-state index in [0.717, 1.165) is 32.2 Å². The average molecular weight is 212 g/mol. The van der Waals surface area contributed by atoms with Crippen LogP contribution in [0.1, 0.15) is 25.7 Å². The highest BCUT2D eigenvalue weighted by Crippen LogP contribution is 2.54. The van der Waals surface area contributed by atoms with Crippen LogP contribution >= 0.6 is 0 Å². The highest BCUT2D eigenvalue weighted by molar-refractivity contribution is 5.13. The van der Waals surface area contributed by atoms with Gasteiger partial charge in [-0.2, -0.15) is 0 Å². The fraction of sp³-hybridized carbons (Fsp3) is 1.00. The van der Waals surface area contributed by atoms with Gasteiger partial charge in [0.15, 0.2) is 0 Å². The molecule has 3 aliphatic rings. The van der Waals surface area contributed by atoms with Crippen molar-refractivity contribution in [3.63, 3.8) is 0 Å². The fourth-order valence-corrected chi connectivity index (χ4v) is 3.80. The molecule has 0 aliphatic carbocycles. The lowest BCUT2D eigenvalue weighted by Gasteiger charge is -2.45. The van der Waals surface area contributed by atoms with Crippen LogP contribution in [0.4, 0.5) is 0 Å². The van der Waals surface area contributed by atoms with E-state index in [1.165, 1.54) is 0 Å². The molecule has 3 heterocycles. The van der Waals surface area contributed by atoms with Crippen molar-refractivity contribution in [3.05, 3.63) is 0 Å². The Balaban J connectivity index is 1.92. The first-order chi connectivity index (χ1) is 7.20. The van der Waals surface area contributed by atoms with Gasteiger partial charge in [-0.1, -0.05) is 0 Å². The molecule has 2 bridgehead atoms. The van der Waals surface area contributed by atoms with Gasteiger partial charge >= 0.3 is 0 Å². The van der Waals surface area contributed by atoms with Crippen molar-refractivity contribution in [2.24, 2.45) is 11.1 Å². The Labute approximate surface area is 90.2 Å². The van der Waals surface area contributed by atoms with Gasteiger partial charge in [-0.25, -0.2) is 0 Å². The largest absolute Gasteiger partial charge is 0.388 e. The predicted octanol–water partition coefficient (Wildman–Crippen LogP) is -0.393. The second-order valence-corrected chi connectivity index (χ2v) is 5.35. The Morgan fingerprint density at radius 2 is 2.33 bits per heavy atom. The van der Waals surface area contributed by atoms with Crippen molar-refractivity contribution >= 4 is 0 Å². The van der Waals surface area contributed by atoms with Gasteiger partial charge in [0.05, 0.1) is 17.8 Å². The van der Waals surface area contributed by atoms with E-state index in [9.17, 15) is 5.11 Å². The van der Waals surface area contributed by atoms with E-state index in [-0.39, 0.29) is 11.5 Å². The van der Waals surface area contributed by atoms with Gasteiger partial charge in [0.25, 0.3) is 0 Å². The molecule has 0 aromatic heterocycles. The molecule has 4 heteroatoms. The number of fused-ring (bicyclic) bond motifs is 2. The van der Waals surface area contributed by atoms with Gasteiger partial charge in [-0.15, -0.1) is 0 Å². The first-order valence-corrected chi connectivity index (χ1v) is 5.99. The molecular weight excluding hydrogens is 192 g/mol. The van der Waals surface area contributed by atoms with E-state index in [1.54, 1.807) is 0 Å². The summed E-state index contributed by atoms with van der Waals surface area (Å²) in [6.07, 6.45) is 4.53. The Kier molecular flexibility index (Phi) is 2.12. The van der Waals surface area contributed by atoms with Crippen LogP contribution < -0.4 is 11.1 Å². The molecule has 3 fully saturated rings. The summed E-state index contributed by atoms with van der Waals surface area (Å²) in [7, 11) is 0.